The molecule has 0 radical (unpaired) electrons. The van der Waals surface area contributed by atoms with Gasteiger partial charge in [-0.1, -0.05) is 36.7 Å². The Morgan fingerprint density at radius 2 is 1.90 bits per heavy atom. The van der Waals surface area contributed by atoms with E-state index in [4.69, 9.17) is 11.6 Å². The lowest BCUT2D eigenvalue weighted by molar-refractivity contribution is 0.299. The van der Waals surface area contributed by atoms with E-state index in [0.29, 0.717) is 11.6 Å². The Morgan fingerprint density at radius 1 is 1.25 bits per heavy atom. The quantitative estimate of drug-likeness (QED) is 0.768. The number of rotatable bonds is 8. The third kappa shape index (κ3) is 5.38. The van der Waals surface area contributed by atoms with E-state index in [9.17, 15) is 8.42 Å². The number of likely N-dealkylation sites (N-methyl/N-ethyl adjacent to an activating group) is 1. The average molecular weight is 320 g/mol. The van der Waals surface area contributed by atoms with E-state index in [2.05, 4.69) is 9.44 Å². The minimum Gasteiger partial charge on any atom is -0.301 e. The molecule has 20 heavy (non-hydrogen) atoms. The van der Waals surface area contributed by atoms with Crippen LogP contribution in [0.25, 0.3) is 0 Å². The summed E-state index contributed by atoms with van der Waals surface area (Å²) in [5.41, 5.74) is 0.900. The molecule has 0 saturated heterocycles. The Balaban J connectivity index is 2.78. The zero-order valence-electron chi connectivity index (χ0n) is 12.1. The summed E-state index contributed by atoms with van der Waals surface area (Å²) in [5, 5.41) is 0.631. The van der Waals surface area contributed by atoms with E-state index in [0.717, 1.165) is 12.0 Å². The van der Waals surface area contributed by atoms with Crippen molar-refractivity contribution in [1.29, 1.82) is 0 Å². The third-order valence-corrected chi connectivity index (χ3v) is 4.37. The lowest BCUT2D eigenvalue weighted by Crippen LogP contribution is -2.41. The highest BCUT2D eigenvalue weighted by Gasteiger charge is 2.19. The molecule has 0 aromatic heterocycles. The van der Waals surface area contributed by atoms with Crippen LogP contribution in [0.4, 0.5) is 0 Å². The molecule has 1 aromatic rings. The molecule has 0 amide bonds. The molecular formula is C13H22ClN3O2S. The summed E-state index contributed by atoms with van der Waals surface area (Å²) >= 11 is 6.18. The van der Waals surface area contributed by atoms with Gasteiger partial charge >= 0.3 is 0 Å². The molecule has 0 spiro atoms. The van der Waals surface area contributed by atoms with Crippen LogP contribution in [0.5, 0.6) is 0 Å². The van der Waals surface area contributed by atoms with Gasteiger partial charge in [0.2, 0.25) is 0 Å². The topological polar surface area (TPSA) is 61.4 Å². The number of benzene rings is 1. The highest BCUT2D eigenvalue weighted by molar-refractivity contribution is 7.87. The Kier molecular flexibility index (Phi) is 6.91. The summed E-state index contributed by atoms with van der Waals surface area (Å²) in [6, 6.07) is 7.33. The molecule has 1 atom stereocenters. The van der Waals surface area contributed by atoms with Crippen LogP contribution in [-0.2, 0) is 10.2 Å². The van der Waals surface area contributed by atoms with Gasteiger partial charge in [-0.15, -0.1) is 0 Å². The summed E-state index contributed by atoms with van der Waals surface area (Å²) in [4.78, 5) is 1.93. The van der Waals surface area contributed by atoms with Gasteiger partial charge in [0, 0.05) is 24.2 Å². The molecule has 0 fully saturated rings. The molecule has 1 rings (SSSR count). The van der Waals surface area contributed by atoms with Gasteiger partial charge < -0.3 is 4.90 Å². The third-order valence-electron chi connectivity index (χ3n) is 2.90. The van der Waals surface area contributed by atoms with E-state index in [-0.39, 0.29) is 12.6 Å². The fourth-order valence-electron chi connectivity index (χ4n) is 1.79. The summed E-state index contributed by atoms with van der Waals surface area (Å²) in [6.45, 7) is 2.60. The highest BCUT2D eigenvalue weighted by atomic mass is 35.5. The Labute approximate surface area is 126 Å². The molecule has 2 N–H and O–H groups in total. The van der Waals surface area contributed by atoms with E-state index >= 15 is 0 Å². The Morgan fingerprint density at radius 3 is 2.45 bits per heavy atom. The van der Waals surface area contributed by atoms with Crippen LogP contribution in [0.2, 0.25) is 5.02 Å². The molecule has 0 aliphatic heterocycles. The Bertz CT molecular complexity index is 520. The first-order valence-corrected chi connectivity index (χ1v) is 8.38. The van der Waals surface area contributed by atoms with E-state index < -0.39 is 10.2 Å². The maximum Gasteiger partial charge on any atom is 0.276 e. The van der Waals surface area contributed by atoms with Gasteiger partial charge in [0.05, 0.1) is 0 Å². The fraction of sp³-hybridized carbons (Fsp3) is 0.538. The lowest BCUT2D eigenvalue weighted by atomic mass is 10.1. The zero-order valence-corrected chi connectivity index (χ0v) is 13.6. The first kappa shape index (κ1) is 17.4. The molecule has 0 aliphatic rings. The molecule has 5 nitrogen and oxygen atoms in total. The van der Waals surface area contributed by atoms with Crippen LogP contribution in [0.1, 0.15) is 24.9 Å². The Hall–Kier alpha value is -0.660. The zero-order chi connectivity index (χ0) is 15.2. The first-order valence-electron chi connectivity index (χ1n) is 6.52. The molecule has 114 valence electrons. The van der Waals surface area contributed by atoms with E-state index in [1.54, 1.807) is 6.07 Å². The van der Waals surface area contributed by atoms with Gasteiger partial charge in [-0.3, -0.25) is 0 Å². The van der Waals surface area contributed by atoms with Gasteiger partial charge in [0.25, 0.3) is 10.2 Å². The van der Waals surface area contributed by atoms with Crippen LogP contribution < -0.4 is 9.44 Å². The summed E-state index contributed by atoms with van der Waals surface area (Å²) in [7, 11) is 0.318. The monoisotopic (exact) mass is 319 g/mol. The van der Waals surface area contributed by atoms with Crippen molar-refractivity contribution in [2.24, 2.45) is 0 Å². The van der Waals surface area contributed by atoms with Crippen molar-refractivity contribution >= 4 is 21.8 Å². The van der Waals surface area contributed by atoms with Gasteiger partial charge in [-0.2, -0.15) is 8.42 Å². The first-order chi connectivity index (χ1) is 9.37. The van der Waals surface area contributed by atoms with Gasteiger partial charge in [0.1, 0.15) is 0 Å². The molecule has 7 heteroatoms. The van der Waals surface area contributed by atoms with Crippen molar-refractivity contribution < 1.29 is 8.42 Å². The normalized spacial score (nSPS) is 13.7. The molecular weight excluding hydrogens is 298 g/mol. The van der Waals surface area contributed by atoms with Crippen LogP contribution in [0, 0.1) is 0 Å². The van der Waals surface area contributed by atoms with E-state index in [1.165, 1.54) is 0 Å². The van der Waals surface area contributed by atoms with Crippen molar-refractivity contribution in [3.8, 4) is 0 Å². The summed E-state index contributed by atoms with van der Waals surface area (Å²) < 4.78 is 28.6. The average Bonchev–Trinajstić information content (AvgIpc) is 2.38. The highest BCUT2D eigenvalue weighted by Crippen LogP contribution is 2.25. The molecule has 0 aliphatic carbocycles. The van der Waals surface area contributed by atoms with Gasteiger partial charge in [0.15, 0.2) is 0 Å². The van der Waals surface area contributed by atoms with Crippen LogP contribution in [0.15, 0.2) is 24.3 Å². The second-order valence-electron chi connectivity index (χ2n) is 4.75. The largest absolute Gasteiger partial charge is 0.301 e. The maximum atomic E-state index is 11.8. The molecule has 0 bridgehead atoms. The number of hydrogen-bond acceptors (Lipinski definition) is 3. The second-order valence-corrected chi connectivity index (χ2v) is 6.74. The molecule has 0 heterocycles. The van der Waals surface area contributed by atoms with Crippen molar-refractivity contribution in [1.82, 2.24) is 14.3 Å². The standard InChI is InChI=1S/C13H22ClN3O2S/c1-4-9-15-20(18,19)16-10-13(17(2)3)11-7-5-6-8-12(11)14/h5-8,13,15-16H,4,9-10H2,1-3H3. The van der Waals surface area contributed by atoms with Crippen molar-refractivity contribution in [3.63, 3.8) is 0 Å². The predicted octanol–water partition coefficient (Wildman–Crippen LogP) is 1.78. The van der Waals surface area contributed by atoms with Gasteiger partial charge in [-0.05, 0) is 32.1 Å². The van der Waals surface area contributed by atoms with Crippen LogP contribution >= 0.6 is 11.6 Å². The van der Waals surface area contributed by atoms with Crippen LogP contribution in [0.3, 0.4) is 0 Å². The summed E-state index contributed by atoms with van der Waals surface area (Å²) in [6.07, 6.45) is 0.753. The van der Waals surface area contributed by atoms with Gasteiger partial charge in [-0.25, -0.2) is 9.44 Å². The fourth-order valence-corrected chi connectivity index (χ4v) is 3.01. The maximum absolute atomic E-state index is 11.8. The van der Waals surface area contributed by atoms with Crippen molar-refractivity contribution in [2.75, 3.05) is 27.2 Å². The van der Waals surface area contributed by atoms with Crippen LogP contribution in [-0.4, -0.2) is 40.5 Å². The number of hydrogen-bond donors (Lipinski definition) is 2. The lowest BCUT2D eigenvalue weighted by Gasteiger charge is -2.25. The SMILES string of the molecule is CCCNS(=O)(=O)NCC(c1ccccc1Cl)N(C)C. The van der Waals surface area contributed by atoms with Crippen molar-refractivity contribution in [3.05, 3.63) is 34.9 Å². The van der Waals surface area contributed by atoms with Crippen molar-refractivity contribution in [2.45, 2.75) is 19.4 Å². The molecule has 0 saturated carbocycles. The summed E-state index contributed by atoms with van der Waals surface area (Å²) in [5.74, 6) is 0. The predicted molar refractivity (Wildman–Crippen MR) is 83.1 cm³/mol. The minimum atomic E-state index is -3.46. The smallest absolute Gasteiger partial charge is 0.276 e. The second kappa shape index (κ2) is 7.95. The minimum absolute atomic E-state index is 0.123. The number of nitrogens with one attached hydrogen (secondary N) is 2. The molecule has 1 aromatic carbocycles. The number of halogens is 1. The molecule has 1 unspecified atom stereocenters. The number of nitrogens with zero attached hydrogens (tertiary/aromatic N) is 1. The van der Waals surface area contributed by atoms with E-state index in [1.807, 2.05) is 44.1 Å².